The number of hydrogen-bond acceptors (Lipinski definition) is 7. The Morgan fingerprint density at radius 2 is 1.78 bits per heavy atom. The summed E-state index contributed by atoms with van der Waals surface area (Å²) in [5.41, 5.74) is -0.808. The molecule has 1 aliphatic rings. The molecule has 1 rings (SSSR count). The molecule has 0 saturated carbocycles. The minimum atomic E-state index is -1.62. The second kappa shape index (κ2) is 5.50. The highest BCUT2D eigenvalue weighted by atomic mass is 16.7. The molecular weight excluding hydrogens is 244 g/mol. The molecule has 7 nitrogen and oxygen atoms in total. The summed E-state index contributed by atoms with van der Waals surface area (Å²) in [5, 5.41) is 37.8. The second-order valence-corrected chi connectivity index (χ2v) is 5.35. The van der Waals surface area contributed by atoms with Crippen LogP contribution >= 0.6 is 0 Å². The predicted molar refractivity (Wildman–Crippen MR) is 59.3 cm³/mol. The van der Waals surface area contributed by atoms with Crippen molar-refractivity contribution in [3.05, 3.63) is 0 Å². The summed E-state index contributed by atoms with van der Waals surface area (Å²) >= 11 is 0. The van der Waals surface area contributed by atoms with Gasteiger partial charge in [0.1, 0.15) is 18.3 Å². The van der Waals surface area contributed by atoms with Gasteiger partial charge in [-0.15, -0.1) is 0 Å². The van der Waals surface area contributed by atoms with Crippen molar-refractivity contribution < 1.29 is 34.7 Å². The van der Waals surface area contributed by atoms with Crippen LogP contribution in [0, 0.1) is 5.41 Å². The van der Waals surface area contributed by atoms with E-state index in [1.54, 1.807) is 20.8 Å². The normalized spacial score (nSPS) is 37.4. The number of esters is 1. The average Bonchev–Trinajstić information content (AvgIpc) is 2.27. The van der Waals surface area contributed by atoms with E-state index in [9.17, 15) is 20.1 Å². The average molecular weight is 264 g/mol. The molecule has 1 heterocycles. The number of aliphatic hydroxyl groups is 4. The van der Waals surface area contributed by atoms with E-state index in [0.29, 0.717) is 0 Å². The molecule has 4 N–H and O–H groups in total. The summed E-state index contributed by atoms with van der Waals surface area (Å²) in [6, 6.07) is 0. The molecule has 0 bridgehead atoms. The molecule has 0 spiro atoms. The fraction of sp³-hybridized carbons (Fsp3) is 0.909. The second-order valence-electron chi connectivity index (χ2n) is 5.35. The molecule has 0 amide bonds. The third-order valence-electron chi connectivity index (χ3n) is 2.70. The molecule has 0 aromatic carbocycles. The van der Waals surface area contributed by atoms with Crippen LogP contribution in [0.1, 0.15) is 20.8 Å². The molecule has 1 saturated heterocycles. The van der Waals surface area contributed by atoms with Gasteiger partial charge in [0.25, 0.3) is 0 Å². The third-order valence-corrected chi connectivity index (χ3v) is 2.70. The van der Waals surface area contributed by atoms with Gasteiger partial charge < -0.3 is 29.9 Å². The SMILES string of the molecule is CC(C)(C)C(=O)O[C@@H]1[C@@H](O)[C@@H](O)O[C@H](CO)[C@H]1O. The Labute approximate surface area is 105 Å². The molecule has 0 radical (unpaired) electrons. The zero-order valence-electron chi connectivity index (χ0n) is 10.6. The number of ether oxygens (including phenoxy) is 2. The molecule has 0 aromatic rings. The van der Waals surface area contributed by atoms with Crippen LogP contribution < -0.4 is 0 Å². The van der Waals surface area contributed by atoms with E-state index in [0.717, 1.165) is 0 Å². The fourth-order valence-corrected chi connectivity index (χ4v) is 1.51. The highest BCUT2D eigenvalue weighted by Crippen LogP contribution is 2.25. The molecule has 5 atom stereocenters. The topological polar surface area (TPSA) is 116 Å². The van der Waals surface area contributed by atoms with Crippen LogP contribution in [0.2, 0.25) is 0 Å². The summed E-state index contributed by atoms with van der Waals surface area (Å²) in [4.78, 5) is 11.7. The molecule has 106 valence electrons. The Morgan fingerprint density at radius 3 is 2.22 bits per heavy atom. The lowest BCUT2D eigenvalue weighted by atomic mass is 9.95. The van der Waals surface area contributed by atoms with Crippen molar-refractivity contribution in [2.45, 2.75) is 51.5 Å². The lowest BCUT2D eigenvalue weighted by Gasteiger charge is -2.40. The van der Waals surface area contributed by atoms with Gasteiger partial charge in [0.2, 0.25) is 0 Å². The Balaban J connectivity index is 2.80. The summed E-state index contributed by atoms with van der Waals surface area (Å²) in [5.74, 6) is -0.628. The minimum Gasteiger partial charge on any atom is -0.456 e. The number of rotatable bonds is 2. The summed E-state index contributed by atoms with van der Waals surface area (Å²) in [6.07, 6.45) is -7.03. The van der Waals surface area contributed by atoms with E-state index < -0.39 is 48.7 Å². The molecule has 1 fully saturated rings. The Kier molecular flexibility index (Phi) is 4.68. The van der Waals surface area contributed by atoms with Crippen LogP contribution in [0.25, 0.3) is 0 Å². The minimum absolute atomic E-state index is 0.561. The zero-order valence-corrected chi connectivity index (χ0v) is 10.6. The van der Waals surface area contributed by atoms with Gasteiger partial charge in [-0.3, -0.25) is 4.79 Å². The van der Waals surface area contributed by atoms with Gasteiger partial charge in [0.15, 0.2) is 12.4 Å². The van der Waals surface area contributed by atoms with Crippen molar-refractivity contribution in [1.29, 1.82) is 0 Å². The standard InChI is InChI=1S/C11H20O7/c1-11(2,3)10(16)18-8-6(13)5(4-12)17-9(15)7(8)14/h5-9,12-15H,4H2,1-3H3/t5-,6-,7-,8+,9+/m1/s1. The van der Waals surface area contributed by atoms with Gasteiger partial charge in [-0.25, -0.2) is 0 Å². The molecule has 7 heteroatoms. The van der Waals surface area contributed by atoms with Crippen LogP contribution in [0.3, 0.4) is 0 Å². The van der Waals surface area contributed by atoms with Gasteiger partial charge in [-0.05, 0) is 20.8 Å². The largest absolute Gasteiger partial charge is 0.456 e. The van der Waals surface area contributed by atoms with E-state index in [1.165, 1.54) is 0 Å². The van der Waals surface area contributed by atoms with Crippen LogP contribution in [0.15, 0.2) is 0 Å². The first kappa shape index (κ1) is 15.3. The molecule has 0 unspecified atom stereocenters. The van der Waals surface area contributed by atoms with E-state index in [4.69, 9.17) is 14.6 Å². The van der Waals surface area contributed by atoms with E-state index >= 15 is 0 Å². The van der Waals surface area contributed by atoms with E-state index in [2.05, 4.69) is 0 Å². The quantitative estimate of drug-likeness (QED) is 0.443. The van der Waals surface area contributed by atoms with Crippen molar-refractivity contribution in [3.63, 3.8) is 0 Å². The smallest absolute Gasteiger partial charge is 0.311 e. The van der Waals surface area contributed by atoms with Crippen LogP contribution in [-0.2, 0) is 14.3 Å². The Hall–Kier alpha value is -0.730. The van der Waals surface area contributed by atoms with Crippen LogP contribution in [-0.4, -0.2) is 63.7 Å². The Morgan fingerprint density at radius 1 is 1.22 bits per heavy atom. The van der Waals surface area contributed by atoms with Crippen molar-refractivity contribution in [2.24, 2.45) is 5.41 Å². The van der Waals surface area contributed by atoms with Crippen LogP contribution in [0.5, 0.6) is 0 Å². The highest BCUT2D eigenvalue weighted by molar-refractivity contribution is 5.75. The maximum atomic E-state index is 11.7. The summed E-state index contributed by atoms with van der Waals surface area (Å²) < 4.78 is 9.76. The van der Waals surface area contributed by atoms with Crippen molar-refractivity contribution in [1.82, 2.24) is 0 Å². The first-order chi connectivity index (χ1) is 8.18. The van der Waals surface area contributed by atoms with E-state index in [1.807, 2.05) is 0 Å². The summed E-state index contributed by atoms with van der Waals surface area (Å²) in [7, 11) is 0. The number of hydrogen-bond donors (Lipinski definition) is 4. The molecule has 18 heavy (non-hydrogen) atoms. The van der Waals surface area contributed by atoms with Gasteiger partial charge in [0, 0.05) is 0 Å². The Bertz CT molecular complexity index is 298. The van der Waals surface area contributed by atoms with Crippen molar-refractivity contribution in [3.8, 4) is 0 Å². The van der Waals surface area contributed by atoms with Gasteiger partial charge in [-0.2, -0.15) is 0 Å². The molecule has 0 aliphatic carbocycles. The zero-order chi connectivity index (χ0) is 14.1. The van der Waals surface area contributed by atoms with E-state index in [-0.39, 0.29) is 0 Å². The van der Waals surface area contributed by atoms with Crippen LogP contribution in [0.4, 0.5) is 0 Å². The number of carbonyl (C=O) groups is 1. The van der Waals surface area contributed by atoms with Gasteiger partial charge in [0.05, 0.1) is 12.0 Å². The summed E-state index contributed by atoms with van der Waals surface area (Å²) in [6.45, 7) is 4.29. The lowest BCUT2D eigenvalue weighted by Crippen LogP contribution is -2.60. The highest BCUT2D eigenvalue weighted by Gasteiger charge is 2.46. The number of carbonyl (C=O) groups excluding carboxylic acids is 1. The monoisotopic (exact) mass is 264 g/mol. The first-order valence-electron chi connectivity index (χ1n) is 5.70. The third kappa shape index (κ3) is 3.18. The number of aliphatic hydroxyl groups excluding tert-OH is 4. The predicted octanol–water partition coefficient (Wildman–Crippen LogP) is -1.62. The maximum absolute atomic E-state index is 11.7. The van der Waals surface area contributed by atoms with Gasteiger partial charge in [-0.1, -0.05) is 0 Å². The van der Waals surface area contributed by atoms with Crippen molar-refractivity contribution in [2.75, 3.05) is 6.61 Å². The first-order valence-corrected chi connectivity index (χ1v) is 5.70. The molecule has 1 aliphatic heterocycles. The fourth-order valence-electron chi connectivity index (χ4n) is 1.51. The van der Waals surface area contributed by atoms with Crippen molar-refractivity contribution >= 4 is 5.97 Å². The molecular formula is C11H20O7. The molecule has 0 aromatic heterocycles. The van der Waals surface area contributed by atoms with Gasteiger partial charge >= 0.3 is 5.97 Å². The maximum Gasteiger partial charge on any atom is 0.311 e. The lowest BCUT2D eigenvalue weighted by molar-refractivity contribution is -0.291.